The van der Waals surface area contributed by atoms with Gasteiger partial charge in [0.1, 0.15) is 0 Å². The van der Waals surface area contributed by atoms with Crippen molar-refractivity contribution in [3.63, 3.8) is 0 Å². The monoisotopic (exact) mass is 223 g/mol. The number of hydrogen-bond acceptors (Lipinski definition) is 3. The zero-order valence-corrected chi connectivity index (χ0v) is 9.04. The van der Waals surface area contributed by atoms with Gasteiger partial charge in [0.25, 0.3) is 0 Å². The molecule has 0 unspecified atom stereocenters. The van der Waals surface area contributed by atoms with Crippen molar-refractivity contribution in [2.24, 2.45) is 0 Å². The van der Waals surface area contributed by atoms with E-state index in [2.05, 4.69) is 4.98 Å². The smallest absolute Gasteiger partial charge is 0.346 e. The maximum atomic E-state index is 11.5. The molecule has 4 heteroatoms. The molecule has 0 saturated carbocycles. The van der Waals surface area contributed by atoms with Gasteiger partial charge in [-0.05, 0) is 24.6 Å². The highest BCUT2D eigenvalue weighted by molar-refractivity contribution is 6.31. The van der Waals surface area contributed by atoms with Crippen LogP contribution in [0, 0.1) is 0 Å². The van der Waals surface area contributed by atoms with Crippen molar-refractivity contribution in [2.45, 2.75) is 19.8 Å². The van der Waals surface area contributed by atoms with E-state index in [-0.39, 0.29) is 5.63 Å². The lowest BCUT2D eigenvalue weighted by molar-refractivity contribution is 0.442. The molecule has 0 aliphatic heterocycles. The number of rotatable bonds is 2. The first-order chi connectivity index (χ1) is 7.20. The zero-order valence-electron chi connectivity index (χ0n) is 8.29. The van der Waals surface area contributed by atoms with Crippen molar-refractivity contribution < 1.29 is 4.42 Å². The third-order valence-electron chi connectivity index (χ3n) is 2.10. The normalized spacial score (nSPS) is 10.8. The van der Waals surface area contributed by atoms with E-state index in [1.165, 1.54) is 0 Å². The summed E-state index contributed by atoms with van der Waals surface area (Å²) in [7, 11) is 0. The maximum Gasteiger partial charge on any atom is 0.346 e. The van der Waals surface area contributed by atoms with Crippen LogP contribution in [0.15, 0.2) is 27.4 Å². The Bertz CT molecular complexity index is 548. The summed E-state index contributed by atoms with van der Waals surface area (Å²) in [4.78, 5) is 15.8. The number of nitrogens with zero attached hydrogens (tertiary/aromatic N) is 1. The summed E-state index contributed by atoms with van der Waals surface area (Å²) < 4.78 is 5.06. The fourth-order valence-corrected chi connectivity index (χ4v) is 1.58. The van der Waals surface area contributed by atoms with Crippen LogP contribution in [0.5, 0.6) is 0 Å². The van der Waals surface area contributed by atoms with Gasteiger partial charge < -0.3 is 4.42 Å². The molecule has 0 radical (unpaired) electrons. The first-order valence-corrected chi connectivity index (χ1v) is 5.18. The summed E-state index contributed by atoms with van der Waals surface area (Å²) in [6.45, 7) is 2.00. The van der Waals surface area contributed by atoms with Crippen LogP contribution < -0.4 is 5.63 Å². The Balaban J connectivity index is 2.68. The second-order valence-corrected chi connectivity index (χ2v) is 3.74. The molecule has 1 aromatic carbocycles. The van der Waals surface area contributed by atoms with E-state index in [1.54, 1.807) is 18.2 Å². The lowest BCUT2D eigenvalue weighted by atomic mass is 10.2. The molecule has 0 saturated heterocycles. The van der Waals surface area contributed by atoms with Crippen molar-refractivity contribution in [2.75, 3.05) is 0 Å². The van der Waals surface area contributed by atoms with Crippen LogP contribution in [0.1, 0.15) is 19.2 Å². The lowest BCUT2D eigenvalue weighted by Crippen LogP contribution is -2.04. The van der Waals surface area contributed by atoms with Crippen molar-refractivity contribution >= 4 is 22.5 Å². The van der Waals surface area contributed by atoms with Gasteiger partial charge in [0.2, 0.25) is 0 Å². The van der Waals surface area contributed by atoms with Gasteiger partial charge in [-0.1, -0.05) is 18.5 Å². The van der Waals surface area contributed by atoms with E-state index in [0.29, 0.717) is 28.2 Å². The molecular formula is C11H10ClNO2. The molecule has 0 aliphatic carbocycles. The Morgan fingerprint density at radius 3 is 3.00 bits per heavy atom. The molecule has 15 heavy (non-hydrogen) atoms. The molecule has 0 aliphatic rings. The molecule has 1 aromatic heterocycles. The van der Waals surface area contributed by atoms with Crippen molar-refractivity contribution in [3.05, 3.63) is 39.5 Å². The lowest BCUT2D eigenvalue weighted by Gasteiger charge is -1.99. The summed E-state index contributed by atoms with van der Waals surface area (Å²) in [6, 6.07) is 4.96. The highest BCUT2D eigenvalue weighted by Crippen LogP contribution is 2.15. The first kappa shape index (κ1) is 10.2. The molecule has 1 heterocycles. The van der Waals surface area contributed by atoms with Crippen molar-refractivity contribution in [1.82, 2.24) is 4.98 Å². The average Bonchev–Trinajstić information content (AvgIpc) is 2.17. The molecule has 0 spiro atoms. The molecule has 0 bridgehead atoms. The number of benzene rings is 1. The fraction of sp³-hybridized carbons (Fsp3) is 0.273. The average molecular weight is 224 g/mol. The zero-order chi connectivity index (χ0) is 10.8. The van der Waals surface area contributed by atoms with Gasteiger partial charge in [-0.2, -0.15) is 0 Å². The van der Waals surface area contributed by atoms with Gasteiger partial charge in [0.15, 0.2) is 5.89 Å². The van der Waals surface area contributed by atoms with Crippen molar-refractivity contribution in [1.29, 1.82) is 0 Å². The number of fused-ring (bicyclic) bond motifs is 1. The Kier molecular flexibility index (Phi) is 2.73. The third-order valence-corrected chi connectivity index (χ3v) is 2.33. The van der Waals surface area contributed by atoms with Gasteiger partial charge >= 0.3 is 5.63 Å². The van der Waals surface area contributed by atoms with Crippen LogP contribution in [-0.4, -0.2) is 4.98 Å². The Hall–Kier alpha value is -1.35. The second-order valence-electron chi connectivity index (χ2n) is 3.31. The van der Waals surface area contributed by atoms with Crippen LogP contribution in [-0.2, 0) is 6.42 Å². The maximum absolute atomic E-state index is 11.5. The molecule has 3 nitrogen and oxygen atoms in total. The second kappa shape index (κ2) is 4.03. The molecule has 0 fully saturated rings. The Morgan fingerprint density at radius 2 is 2.27 bits per heavy atom. The highest BCUT2D eigenvalue weighted by atomic mass is 35.5. The molecule has 2 rings (SSSR count). The predicted molar refractivity (Wildman–Crippen MR) is 59.3 cm³/mol. The third kappa shape index (κ3) is 2.02. The minimum absolute atomic E-state index is 0.347. The van der Waals surface area contributed by atoms with Gasteiger partial charge in [0.05, 0.1) is 10.9 Å². The standard InChI is InChI=1S/C11H10ClNO2/c1-2-3-10-13-9-6-7(12)4-5-8(9)11(14)15-10/h4-6H,2-3H2,1H3. The Labute approximate surface area is 91.7 Å². The number of aryl methyl sites for hydroxylation is 1. The highest BCUT2D eigenvalue weighted by Gasteiger charge is 2.05. The molecule has 0 atom stereocenters. The van der Waals surface area contributed by atoms with Crippen LogP contribution in [0.2, 0.25) is 5.02 Å². The molecular weight excluding hydrogens is 214 g/mol. The van der Waals surface area contributed by atoms with E-state index < -0.39 is 0 Å². The topological polar surface area (TPSA) is 43.1 Å². The summed E-state index contributed by atoms with van der Waals surface area (Å²) in [5, 5.41) is 1.04. The van der Waals surface area contributed by atoms with Gasteiger partial charge in [-0.15, -0.1) is 0 Å². The molecule has 0 N–H and O–H groups in total. The van der Waals surface area contributed by atoms with Gasteiger partial charge in [-0.25, -0.2) is 9.78 Å². The molecule has 0 amide bonds. The number of aromatic nitrogens is 1. The minimum atomic E-state index is -0.347. The van der Waals surface area contributed by atoms with E-state index in [1.807, 2.05) is 6.92 Å². The number of hydrogen-bond donors (Lipinski definition) is 0. The quantitative estimate of drug-likeness (QED) is 0.786. The van der Waals surface area contributed by atoms with Gasteiger partial charge in [0, 0.05) is 11.4 Å². The van der Waals surface area contributed by atoms with Crippen LogP contribution >= 0.6 is 11.6 Å². The molecule has 78 valence electrons. The van der Waals surface area contributed by atoms with Gasteiger partial charge in [-0.3, -0.25) is 0 Å². The van der Waals surface area contributed by atoms with Crippen LogP contribution in [0.25, 0.3) is 10.9 Å². The summed E-state index contributed by atoms with van der Waals surface area (Å²) in [6.07, 6.45) is 1.56. The van der Waals surface area contributed by atoms with E-state index >= 15 is 0 Å². The summed E-state index contributed by atoms with van der Waals surface area (Å²) in [5.74, 6) is 0.470. The van der Waals surface area contributed by atoms with E-state index in [9.17, 15) is 4.79 Å². The fourth-order valence-electron chi connectivity index (χ4n) is 1.41. The van der Waals surface area contributed by atoms with E-state index in [4.69, 9.17) is 16.0 Å². The van der Waals surface area contributed by atoms with Crippen LogP contribution in [0.4, 0.5) is 0 Å². The largest absolute Gasteiger partial charge is 0.408 e. The number of halogens is 1. The summed E-state index contributed by atoms with van der Waals surface area (Å²) in [5.41, 5.74) is 0.252. The predicted octanol–water partition coefficient (Wildman–Crippen LogP) is 2.79. The first-order valence-electron chi connectivity index (χ1n) is 4.80. The van der Waals surface area contributed by atoms with Crippen molar-refractivity contribution in [3.8, 4) is 0 Å². The minimum Gasteiger partial charge on any atom is -0.408 e. The SMILES string of the molecule is CCCc1nc2cc(Cl)ccc2c(=O)o1. The molecule has 2 aromatic rings. The van der Waals surface area contributed by atoms with Crippen LogP contribution in [0.3, 0.4) is 0 Å². The Morgan fingerprint density at radius 1 is 1.47 bits per heavy atom. The summed E-state index contributed by atoms with van der Waals surface area (Å²) >= 11 is 5.83. The van der Waals surface area contributed by atoms with E-state index in [0.717, 1.165) is 6.42 Å².